The van der Waals surface area contributed by atoms with E-state index >= 15 is 0 Å². The monoisotopic (exact) mass is 336 g/mol. The van der Waals surface area contributed by atoms with Crippen molar-refractivity contribution in [3.63, 3.8) is 0 Å². The predicted molar refractivity (Wildman–Crippen MR) is 78.6 cm³/mol. The SMILES string of the molecule is CC1CCCC(OC(=O)Cc2ccc(S(=O)(=O)Cl)s2)C1. The molecule has 1 aromatic rings. The number of thiophene rings is 1. The first-order valence-electron chi connectivity index (χ1n) is 6.57. The molecule has 2 rings (SSSR count). The van der Waals surface area contributed by atoms with Gasteiger partial charge in [0.25, 0.3) is 9.05 Å². The van der Waals surface area contributed by atoms with Crippen LogP contribution in [0.5, 0.6) is 0 Å². The molecule has 4 nitrogen and oxygen atoms in total. The van der Waals surface area contributed by atoms with Gasteiger partial charge in [-0.1, -0.05) is 13.3 Å². The van der Waals surface area contributed by atoms with E-state index in [2.05, 4.69) is 6.92 Å². The van der Waals surface area contributed by atoms with Crippen molar-refractivity contribution in [2.75, 3.05) is 0 Å². The van der Waals surface area contributed by atoms with E-state index < -0.39 is 9.05 Å². The van der Waals surface area contributed by atoms with Gasteiger partial charge in [-0.15, -0.1) is 11.3 Å². The molecule has 0 bridgehead atoms. The molecule has 1 aliphatic rings. The fourth-order valence-electron chi connectivity index (χ4n) is 2.44. The van der Waals surface area contributed by atoms with Gasteiger partial charge >= 0.3 is 5.97 Å². The number of hydrogen-bond acceptors (Lipinski definition) is 5. The van der Waals surface area contributed by atoms with Crippen molar-refractivity contribution in [3.05, 3.63) is 17.0 Å². The second kappa shape index (κ2) is 6.45. The van der Waals surface area contributed by atoms with Gasteiger partial charge in [0.15, 0.2) is 0 Å². The van der Waals surface area contributed by atoms with Gasteiger partial charge in [0.2, 0.25) is 0 Å². The Morgan fingerprint density at radius 3 is 2.80 bits per heavy atom. The highest BCUT2D eigenvalue weighted by Crippen LogP contribution is 2.27. The second-order valence-corrected chi connectivity index (χ2v) is 9.18. The highest BCUT2D eigenvalue weighted by molar-refractivity contribution is 8.15. The lowest BCUT2D eigenvalue weighted by Gasteiger charge is -2.26. The predicted octanol–water partition coefficient (Wildman–Crippen LogP) is 3.34. The number of carbonyl (C=O) groups excluding carboxylic acids is 1. The van der Waals surface area contributed by atoms with Crippen molar-refractivity contribution in [2.24, 2.45) is 5.92 Å². The van der Waals surface area contributed by atoms with E-state index in [4.69, 9.17) is 15.4 Å². The van der Waals surface area contributed by atoms with Crippen LogP contribution in [0.1, 0.15) is 37.5 Å². The molecule has 7 heteroatoms. The van der Waals surface area contributed by atoms with Crippen LogP contribution in [0.25, 0.3) is 0 Å². The first kappa shape index (κ1) is 15.8. The van der Waals surface area contributed by atoms with Crippen LogP contribution in [0.3, 0.4) is 0 Å². The number of ether oxygens (including phenoxy) is 1. The molecule has 0 aliphatic heterocycles. The molecule has 1 aromatic heterocycles. The standard InChI is InChI=1S/C13H17ClO4S2/c1-9-3-2-4-10(7-9)18-12(15)8-11-5-6-13(19-11)20(14,16)17/h5-6,9-10H,2-4,7-8H2,1H3. The molecule has 0 aromatic carbocycles. The maximum Gasteiger partial charge on any atom is 0.311 e. The van der Waals surface area contributed by atoms with Crippen LogP contribution in [0.2, 0.25) is 0 Å². The summed E-state index contributed by atoms with van der Waals surface area (Å²) < 4.78 is 27.8. The smallest absolute Gasteiger partial charge is 0.311 e. The summed E-state index contributed by atoms with van der Waals surface area (Å²) in [4.78, 5) is 12.5. The number of halogens is 1. The lowest BCUT2D eigenvalue weighted by Crippen LogP contribution is -2.25. The van der Waals surface area contributed by atoms with E-state index in [1.54, 1.807) is 6.07 Å². The first-order valence-corrected chi connectivity index (χ1v) is 9.70. The molecule has 1 heterocycles. The molecular weight excluding hydrogens is 320 g/mol. The zero-order valence-corrected chi connectivity index (χ0v) is 13.6. The Kier molecular flexibility index (Phi) is 5.09. The summed E-state index contributed by atoms with van der Waals surface area (Å²) in [5.41, 5.74) is 0. The molecule has 20 heavy (non-hydrogen) atoms. The maximum atomic E-state index is 11.8. The Bertz CT molecular complexity index is 579. The maximum absolute atomic E-state index is 11.8. The van der Waals surface area contributed by atoms with Crippen molar-refractivity contribution in [3.8, 4) is 0 Å². The molecule has 1 aliphatic carbocycles. The highest BCUT2D eigenvalue weighted by atomic mass is 35.7. The summed E-state index contributed by atoms with van der Waals surface area (Å²) in [7, 11) is 1.53. The van der Waals surface area contributed by atoms with Crippen molar-refractivity contribution in [2.45, 2.75) is 49.3 Å². The van der Waals surface area contributed by atoms with E-state index in [-0.39, 0.29) is 22.7 Å². The summed E-state index contributed by atoms with van der Waals surface area (Å²) in [5, 5.41) is 0. The summed E-state index contributed by atoms with van der Waals surface area (Å²) >= 11 is 1.01. The zero-order chi connectivity index (χ0) is 14.8. The second-order valence-electron chi connectivity index (χ2n) is 5.22. The Labute approximate surface area is 127 Å². The van der Waals surface area contributed by atoms with Gasteiger partial charge < -0.3 is 4.74 Å². The Morgan fingerprint density at radius 1 is 1.45 bits per heavy atom. The van der Waals surface area contributed by atoms with E-state index in [1.807, 2.05) is 0 Å². The minimum atomic E-state index is -3.71. The highest BCUT2D eigenvalue weighted by Gasteiger charge is 2.23. The Hall–Kier alpha value is -0.590. The molecule has 0 amide bonds. The number of rotatable bonds is 4. The van der Waals surface area contributed by atoms with Crippen molar-refractivity contribution in [1.29, 1.82) is 0 Å². The van der Waals surface area contributed by atoms with Gasteiger partial charge in [-0.25, -0.2) is 8.42 Å². The Balaban J connectivity index is 1.90. The lowest BCUT2D eigenvalue weighted by atomic mass is 9.89. The third-order valence-corrected chi connectivity index (χ3v) is 6.56. The zero-order valence-electron chi connectivity index (χ0n) is 11.2. The van der Waals surface area contributed by atoms with Crippen LogP contribution in [0, 0.1) is 5.92 Å². The fraction of sp³-hybridized carbons (Fsp3) is 0.615. The van der Waals surface area contributed by atoms with Crippen LogP contribution in [0.4, 0.5) is 0 Å². The summed E-state index contributed by atoms with van der Waals surface area (Å²) in [5.74, 6) is 0.292. The molecule has 2 atom stereocenters. The van der Waals surface area contributed by atoms with E-state index in [0.29, 0.717) is 10.8 Å². The molecule has 0 saturated heterocycles. The average molecular weight is 337 g/mol. The van der Waals surface area contributed by atoms with E-state index in [9.17, 15) is 13.2 Å². The molecule has 112 valence electrons. The fourth-order valence-corrected chi connectivity index (χ4v) is 4.55. The van der Waals surface area contributed by atoms with Gasteiger partial charge in [0.05, 0.1) is 6.42 Å². The Morgan fingerprint density at radius 2 is 2.20 bits per heavy atom. The third kappa shape index (κ3) is 4.46. The average Bonchev–Trinajstić information content (AvgIpc) is 2.76. The van der Waals surface area contributed by atoms with Crippen molar-refractivity contribution in [1.82, 2.24) is 0 Å². The molecule has 0 N–H and O–H groups in total. The minimum absolute atomic E-state index is 0.00226. The van der Waals surface area contributed by atoms with Gasteiger partial charge in [-0.3, -0.25) is 4.79 Å². The van der Waals surface area contributed by atoms with Gasteiger partial charge in [0.1, 0.15) is 10.3 Å². The summed E-state index contributed by atoms with van der Waals surface area (Å²) in [6, 6.07) is 3.02. The number of carbonyl (C=O) groups is 1. The lowest BCUT2D eigenvalue weighted by molar-refractivity contribution is -0.150. The minimum Gasteiger partial charge on any atom is -0.462 e. The van der Waals surface area contributed by atoms with Crippen LogP contribution >= 0.6 is 22.0 Å². The molecule has 0 radical (unpaired) electrons. The molecule has 2 unspecified atom stereocenters. The van der Waals surface area contributed by atoms with Gasteiger partial charge in [-0.2, -0.15) is 0 Å². The van der Waals surface area contributed by atoms with E-state index in [1.165, 1.54) is 12.5 Å². The number of hydrogen-bond donors (Lipinski definition) is 0. The van der Waals surface area contributed by atoms with Crippen LogP contribution in [-0.2, 0) is 25.0 Å². The van der Waals surface area contributed by atoms with Gasteiger partial charge in [-0.05, 0) is 37.3 Å². The van der Waals surface area contributed by atoms with Crippen molar-refractivity contribution < 1.29 is 17.9 Å². The van der Waals surface area contributed by atoms with Gasteiger partial charge in [0, 0.05) is 15.6 Å². The molecular formula is C13H17ClO4S2. The summed E-state index contributed by atoms with van der Waals surface area (Å²) in [6.07, 6.45) is 4.21. The molecule has 1 fully saturated rings. The topological polar surface area (TPSA) is 60.4 Å². The molecule has 0 spiro atoms. The normalized spacial score (nSPS) is 23.5. The third-order valence-electron chi connectivity index (χ3n) is 3.38. The van der Waals surface area contributed by atoms with Crippen LogP contribution < -0.4 is 0 Å². The van der Waals surface area contributed by atoms with E-state index in [0.717, 1.165) is 30.6 Å². The summed E-state index contributed by atoms with van der Waals surface area (Å²) in [6.45, 7) is 2.16. The molecule has 1 saturated carbocycles. The van der Waals surface area contributed by atoms with Crippen LogP contribution in [0.15, 0.2) is 16.3 Å². The largest absolute Gasteiger partial charge is 0.462 e. The van der Waals surface area contributed by atoms with Crippen LogP contribution in [-0.4, -0.2) is 20.5 Å². The first-order chi connectivity index (χ1) is 9.34. The quantitative estimate of drug-likeness (QED) is 0.625. The number of esters is 1. The van der Waals surface area contributed by atoms with Crippen molar-refractivity contribution >= 4 is 37.0 Å².